The minimum absolute atomic E-state index is 0.155. The summed E-state index contributed by atoms with van der Waals surface area (Å²) in [7, 11) is 1.69. The van der Waals surface area contributed by atoms with E-state index in [0.717, 1.165) is 43.2 Å². The minimum Gasteiger partial charge on any atom is -0.495 e. The maximum absolute atomic E-state index is 11.4. The van der Waals surface area contributed by atoms with Crippen LogP contribution in [0.15, 0.2) is 42.5 Å². The molecule has 2 aromatic rings. The predicted molar refractivity (Wildman–Crippen MR) is 119 cm³/mol. The Balaban J connectivity index is 1.49. The highest BCUT2D eigenvalue weighted by Gasteiger charge is 2.21. The molecule has 0 saturated carbocycles. The maximum Gasteiger partial charge on any atom is 0.221 e. The number of hydrogen-bond donors (Lipinski definition) is 2. The maximum atomic E-state index is 11.4. The number of anilines is 2. The first kappa shape index (κ1) is 21.9. The van der Waals surface area contributed by atoms with Crippen molar-refractivity contribution in [1.29, 1.82) is 0 Å². The smallest absolute Gasteiger partial charge is 0.221 e. The number of rotatable bonds is 8. The number of carbonyl (C=O) groups is 1. The van der Waals surface area contributed by atoms with E-state index in [1.807, 2.05) is 43.3 Å². The van der Waals surface area contributed by atoms with Crippen LogP contribution in [0.2, 0.25) is 0 Å². The van der Waals surface area contributed by atoms with Gasteiger partial charge >= 0.3 is 0 Å². The van der Waals surface area contributed by atoms with Gasteiger partial charge in [-0.1, -0.05) is 18.2 Å². The van der Waals surface area contributed by atoms with Gasteiger partial charge in [0.05, 0.1) is 18.5 Å². The van der Waals surface area contributed by atoms with E-state index in [1.54, 1.807) is 7.11 Å². The Kier molecular flexibility index (Phi) is 7.54. The Morgan fingerprint density at radius 3 is 2.57 bits per heavy atom. The van der Waals surface area contributed by atoms with E-state index in [4.69, 9.17) is 9.47 Å². The van der Waals surface area contributed by atoms with Gasteiger partial charge in [0, 0.05) is 39.6 Å². The lowest BCUT2D eigenvalue weighted by Gasteiger charge is -2.37. The molecule has 7 nitrogen and oxygen atoms in total. The van der Waals surface area contributed by atoms with Crippen LogP contribution < -0.4 is 19.7 Å². The highest BCUT2D eigenvalue weighted by molar-refractivity contribution is 5.90. The first-order chi connectivity index (χ1) is 14.5. The zero-order valence-corrected chi connectivity index (χ0v) is 17.9. The van der Waals surface area contributed by atoms with Crippen molar-refractivity contribution in [2.45, 2.75) is 20.0 Å². The van der Waals surface area contributed by atoms with E-state index in [-0.39, 0.29) is 12.5 Å². The van der Waals surface area contributed by atoms with Gasteiger partial charge in [-0.05, 0) is 36.8 Å². The average molecular weight is 414 g/mol. The topological polar surface area (TPSA) is 74.3 Å². The van der Waals surface area contributed by atoms with Crippen molar-refractivity contribution in [2.75, 3.05) is 56.7 Å². The van der Waals surface area contributed by atoms with Crippen LogP contribution in [-0.4, -0.2) is 68.5 Å². The third-order valence-corrected chi connectivity index (χ3v) is 5.15. The number of aryl methyl sites for hydroxylation is 1. The molecule has 0 bridgehead atoms. The number of hydrogen-bond acceptors (Lipinski definition) is 6. The monoisotopic (exact) mass is 413 g/mol. The van der Waals surface area contributed by atoms with Crippen LogP contribution in [0.3, 0.4) is 0 Å². The van der Waals surface area contributed by atoms with Crippen molar-refractivity contribution in [3.05, 3.63) is 48.0 Å². The number of piperazine rings is 1. The molecular formula is C23H31N3O4. The first-order valence-electron chi connectivity index (χ1n) is 10.3. The normalized spacial score (nSPS) is 15.5. The third kappa shape index (κ3) is 5.87. The van der Waals surface area contributed by atoms with E-state index in [2.05, 4.69) is 21.2 Å². The summed E-state index contributed by atoms with van der Waals surface area (Å²) in [5.74, 6) is 1.30. The molecule has 0 aliphatic carbocycles. The summed E-state index contributed by atoms with van der Waals surface area (Å²) < 4.78 is 11.3. The van der Waals surface area contributed by atoms with Crippen LogP contribution in [0.4, 0.5) is 11.4 Å². The second-order valence-corrected chi connectivity index (χ2v) is 7.61. The van der Waals surface area contributed by atoms with Crippen LogP contribution in [0, 0.1) is 6.92 Å². The number of amides is 1. The van der Waals surface area contributed by atoms with E-state index in [9.17, 15) is 9.90 Å². The van der Waals surface area contributed by atoms with Gasteiger partial charge in [-0.25, -0.2) is 0 Å². The van der Waals surface area contributed by atoms with Gasteiger partial charge in [-0.2, -0.15) is 0 Å². The molecule has 30 heavy (non-hydrogen) atoms. The van der Waals surface area contributed by atoms with Crippen molar-refractivity contribution in [3.63, 3.8) is 0 Å². The lowest BCUT2D eigenvalue weighted by atomic mass is 10.2. The van der Waals surface area contributed by atoms with Crippen LogP contribution in [0.25, 0.3) is 0 Å². The van der Waals surface area contributed by atoms with Crippen LogP contribution in [-0.2, 0) is 4.79 Å². The van der Waals surface area contributed by atoms with Crippen molar-refractivity contribution in [2.24, 2.45) is 0 Å². The summed E-state index contributed by atoms with van der Waals surface area (Å²) >= 11 is 0. The summed E-state index contributed by atoms with van der Waals surface area (Å²) in [6, 6.07) is 13.6. The molecule has 1 aliphatic rings. The van der Waals surface area contributed by atoms with Gasteiger partial charge in [-0.3, -0.25) is 9.69 Å². The van der Waals surface area contributed by atoms with Crippen molar-refractivity contribution >= 4 is 17.3 Å². The molecule has 1 saturated heterocycles. The third-order valence-electron chi connectivity index (χ3n) is 5.15. The summed E-state index contributed by atoms with van der Waals surface area (Å²) in [6.45, 7) is 7.60. The number of para-hydroxylation sites is 2. The predicted octanol–water partition coefficient (Wildman–Crippen LogP) is 2.52. The quantitative estimate of drug-likeness (QED) is 0.693. The second kappa shape index (κ2) is 10.3. The van der Waals surface area contributed by atoms with Gasteiger partial charge < -0.3 is 24.8 Å². The Morgan fingerprint density at radius 2 is 1.87 bits per heavy atom. The molecule has 0 radical (unpaired) electrons. The molecule has 0 aromatic heterocycles. The summed E-state index contributed by atoms with van der Waals surface area (Å²) in [4.78, 5) is 15.9. The molecule has 3 rings (SSSR count). The van der Waals surface area contributed by atoms with Crippen LogP contribution in [0.1, 0.15) is 12.5 Å². The Morgan fingerprint density at radius 1 is 1.13 bits per heavy atom. The van der Waals surface area contributed by atoms with Gasteiger partial charge in [0.25, 0.3) is 0 Å². The number of carbonyl (C=O) groups excluding carboxylic acids is 1. The molecule has 1 atom stereocenters. The Labute approximate surface area is 178 Å². The van der Waals surface area contributed by atoms with Crippen LogP contribution in [0.5, 0.6) is 11.5 Å². The fourth-order valence-electron chi connectivity index (χ4n) is 3.64. The molecule has 1 amide bonds. The van der Waals surface area contributed by atoms with Crippen molar-refractivity contribution in [1.82, 2.24) is 4.90 Å². The molecule has 1 fully saturated rings. The fraction of sp³-hybridized carbons (Fsp3) is 0.435. The number of aliphatic hydroxyl groups is 1. The number of aliphatic hydroxyl groups excluding tert-OH is 1. The van der Waals surface area contributed by atoms with E-state index >= 15 is 0 Å². The average Bonchev–Trinajstić information content (AvgIpc) is 2.74. The van der Waals surface area contributed by atoms with E-state index in [1.165, 1.54) is 6.92 Å². The Bertz CT molecular complexity index is 850. The molecule has 7 heteroatoms. The van der Waals surface area contributed by atoms with Gasteiger partial charge in [0.2, 0.25) is 5.91 Å². The van der Waals surface area contributed by atoms with E-state index in [0.29, 0.717) is 18.0 Å². The lowest BCUT2D eigenvalue weighted by molar-refractivity contribution is -0.114. The minimum atomic E-state index is -0.617. The Hall–Kier alpha value is -2.77. The van der Waals surface area contributed by atoms with Crippen molar-refractivity contribution < 1.29 is 19.4 Å². The molecule has 0 spiro atoms. The van der Waals surface area contributed by atoms with Gasteiger partial charge in [0.1, 0.15) is 24.2 Å². The molecule has 1 heterocycles. The van der Waals surface area contributed by atoms with Gasteiger partial charge in [0.15, 0.2) is 0 Å². The highest BCUT2D eigenvalue weighted by Crippen LogP contribution is 2.28. The lowest BCUT2D eigenvalue weighted by Crippen LogP contribution is -2.49. The van der Waals surface area contributed by atoms with Crippen LogP contribution >= 0.6 is 0 Å². The number of benzene rings is 2. The second-order valence-electron chi connectivity index (χ2n) is 7.61. The zero-order valence-electron chi connectivity index (χ0n) is 17.9. The molecular weight excluding hydrogens is 382 g/mol. The first-order valence-corrected chi connectivity index (χ1v) is 10.3. The SMILES string of the molecule is COc1ccccc1N1CCN(CC(O)COc2cc(C)ccc2NC(C)=O)CC1. The summed E-state index contributed by atoms with van der Waals surface area (Å²) in [6.07, 6.45) is -0.617. The molecule has 2 N–H and O–H groups in total. The number of β-amino-alcohol motifs (C(OH)–C–C–N with tert-alkyl or cyclic N) is 1. The number of nitrogens with one attached hydrogen (secondary N) is 1. The highest BCUT2D eigenvalue weighted by atomic mass is 16.5. The molecule has 1 aliphatic heterocycles. The number of nitrogens with zero attached hydrogens (tertiary/aromatic N) is 2. The van der Waals surface area contributed by atoms with Crippen molar-refractivity contribution in [3.8, 4) is 11.5 Å². The fourth-order valence-corrected chi connectivity index (χ4v) is 3.64. The standard InChI is InChI=1S/C23H31N3O4/c1-17-8-9-20(24-18(2)27)23(14-17)30-16-19(28)15-25-10-12-26(13-11-25)21-6-4-5-7-22(21)29-3/h4-9,14,19,28H,10-13,15-16H2,1-3H3,(H,24,27). The summed E-state index contributed by atoms with van der Waals surface area (Å²) in [5, 5.41) is 13.2. The zero-order chi connectivity index (χ0) is 21.5. The van der Waals surface area contributed by atoms with E-state index < -0.39 is 6.10 Å². The molecule has 2 aromatic carbocycles. The largest absolute Gasteiger partial charge is 0.495 e. The molecule has 1 unspecified atom stereocenters. The molecule has 162 valence electrons. The number of methoxy groups -OCH3 is 1. The van der Waals surface area contributed by atoms with Gasteiger partial charge in [-0.15, -0.1) is 0 Å². The summed E-state index contributed by atoms with van der Waals surface area (Å²) in [5.41, 5.74) is 2.75. The number of ether oxygens (including phenoxy) is 2.